The Bertz CT molecular complexity index is 1130. The third-order valence-corrected chi connectivity index (χ3v) is 7.14. The van der Waals surface area contributed by atoms with Crippen LogP contribution >= 0.6 is 15.9 Å². The first kappa shape index (κ1) is 18.4. The Hall–Kier alpha value is -2.64. The molecule has 1 heteroatoms. The minimum absolute atomic E-state index is 0.0548. The molecule has 0 spiro atoms. The predicted octanol–water partition coefficient (Wildman–Crippen LogP) is 7.49. The van der Waals surface area contributed by atoms with Crippen molar-refractivity contribution < 1.29 is 0 Å². The third kappa shape index (κ3) is 2.80. The topological polar surface area (TPSA) is 0 Å². The lowest BCUT2D eigenvalue weighted by molar-refractivity contribution is 0.473. The lowest BCUT2D eigenvalue weighted by Crippen LogP contribution is -2.30. The Labute approximate surface area is 181 Å². The summed E-state index contributed by atoms with van der Waals surface area (Å²) >= 11 is 3.62. The van der Waals surface area contributed by atoms with Crippen LogP contribution in [0.15, 0.2) is 114 Å². The molecule has 142 valence electrons. The van der Waals surface area contributed by atoms with Gasteiger partial charge in [-0.1, -0.05) is 120 Å². The van der Waals surface area contributed by atoms with Gasteiger partial charge in [0.1, 0.15) is 0 Å². The van der Waals surface area contributed by atoms with Crippen LogP contribution in [-0.2, 0) is 10.8 Å². The quantitative estimate of drug-likeness (QED) is 0.310. The van der Waals surface area contributed by atoms with Gasteiger partial charge >= 0.3 is 0 Å². The van der Waals surface area contributed by atoms with Gasteiger partial charge in [-0.05, 0) is 46.4 Å². The first-order valence-electron chi connectivity index (χ1n) is 10.1. The van der Waals surface area contributed by atoms with E-state index in [4.69, 9.17) is 0 Å². The molecule has 5 rings (SSSR count). The number of hydrogen-bond acceptors (Lipinski definition) is 0. The lowest BCUT2D eigenvalue weighted by Gasteiger charge is -2.35. The Morgan fingerprint density at radius 3 is 1.66 bits per heavy atom. The Morgan fingerprint density at radius 1 is 0.552 bits per heavy atom. The van der Waals surface area contributed by atoms with Crippen molar-refractivity contribution >= 4 is 15.9 Å². The Kier molecular flexibility index (Phi) is 4.44. The molecule has 1 aliphatic carbocycles. The summed E-state index contributed by atoms with van der Waals surface area (Å²) in [5.74, 6) is 0. The summed E-state index contributed by atoms with van der Waals surface area (Å²) in [5.41, 5.74) is 6.69. The molecule has 2 atom stereocenters. The number of hydrogen-bond donors (Lipinski definition) is 0. The highest BCUT2D eigenvalue weighted by atomic mass is 79.9. The van der Waals surface area contributed by atoms with E-state index in [-0.39, 0.29) is 10.8 Å². The minimum Gasteiger partial charge on any atom is -0.0622 e. The van der Waals surface area contributed by atoms with Crippen LogP contribution in [0, 0.1) is 0 Å². The van der Waals surface area contributed by atoms with Gasteiger partial charge in [0.05, 0.1) is 0 Å². The summed E-state index contributed by atoms with van der Waals surface area (Å²) in [6, 6.07) is 39.9. The van der Waals surface area contributed by atoms with Crippen LogP contribution in [0.1, 0.15) is 41.2 Å². The van der Waals surface area contributed by atoms with E-state index in [2.05, 4.69) is 132 Å². The van der Waals surface area contributed by atoms with Gasteiger partial charge in [0.25, 0.3) is 0 Å². The van der Waals surface area contributed by atoms with Gasteiger partial charge in [0.15, 0.2) is 0 Å². The monoisotopic (exact) mass is 438 g/mol. The van der Waals surface area contributed by atoms with E-state index in [1.165, 1.54) is 27.8 Å². The van der Waals surface area contributed by atoms with E-state index in [1.54, 1.807) is 0 Å². The second-order valence-electron chi connectivity index (χ2n) is 8.20. The summed E-state index contributed by atoms with van der Waals surface area (Å²) in [7, 11) is 0. The van der Waals surface area contributed by atoms with E-state index < -0.39 is 0 Å². The fourth-order valence-corrected chi connectivity index (χ4v) is 5.52. The summed E-state index contributed by atoms with van der Waals surface area (Å²) in [6.45, 7) is 2.41. The first-order chi connectivity index (χ1) is 14.1. The van der Waals surface area contributed by atoms with Crippen LogP contribution in [0.2, 0.25) is 0 Å². The van der Waals surface area contributed by atoms with Crippen LogP contribution in [0.5, 0.6) is 0 Å². The lowest BCUT2D eigenvalue weighted by atomic mass is 9.67. The molecule has 29 heavy (non-hydrogen) atoms. The molecule has 2 unspecified atom stereocenters. The molecule has 0 bridgehead atoms. The van der Waals surface area contributed by atoms with Crippen LogP contribution in [0.4, 0.5) is 0 Å². The predicted molar refractivity (Wildman–Crippen MR) is 124 cm³/mol. The second-order valence-corrected chi connectivity index (χ2v) is 9.11. The third-order valence-electron chi connectivity index (χ3n) is 6.61. The molecule has 0 nitrogen and oxygen atoms in total. The van der Waals surface area contributed by atoms with E-state index >= 15 is 0 Å². The molecule has 0 fully saturated rings. The smallest absolute Gasteiger partial charge is 0.0466 e. The Balaban J connectivity index is 1.84. The van der Waals surface area contributed by atoms with Crippen molar-refractivity contribution in [2.45, 2.75) is 24.2 Å². The van der Waals surface area contributed by atoms with E-state index in [0.717, 1.165) is 10.9 Å². The molecule has 0 aliphatic heterocycles. The average Bonchev–Trinajstić information content (AvgIpc) is 3.07. The van der Waals surface area contributed by atoms with E-state index in [1.807, 2.05) is 0 Å². The molecule has 1 aliphatic rings. The van der Waals surface area contributed by atoms with Crippen LogP contribution in [-0.4, -0.2) is 0 Å². The van der Waals surface area contributed by atoms with E-state index in [9.17, 15) is 0 Å². The highest BCUT2D eigenvalue weighted by Crippen LogP contribution is 2.58. The normalized spacial score (nSPS) is 23.0. The maximum Gasteiger partial charge on any atom is 0.0466 e. The minimum atomic E-state index is -0.177. The molecule has 0 saturated heterocycles. The maximum absolute atomic E-state index is 3.62. The Morgan fingerprint density at radius 2 is 1.03 bits per heavy atom. The molecule has 0 aromatic heterocycles. The zero-order valence-corrected chi connectivity index (χ0v) is 18.1. The number of rotatable bonds is 3. The highest BCUT2D eigenvalue weighted by molar-refractivity contribution is 9.10. The maximum atomic E-state index is 3.62. The van der Waals surface area contributed by atoms with Crippen molar-refractivity contribution in [2.24, 2.45) is 0 Å². The average molecular weight is 439 g/mol. The molecule has 4 aromatic rings. The van der Waals surface area contributed by atoms with Crippen molar-refractivity contribution in [1.29, 1.82) is 0 Å². The van der Waals surface area contributed by atoms with Crippen molar-refractivity contribution in [3.63, 3.8) is 0 Å². The van der Waals surface area contributed by atoms with Gasteiger partial charge in [0, 0.05) is 15.3 Å². The standard InChI is InChI=1S/C28H23Br/c1-27(21-10-4-2-5-11-21)20-28(22-12-6-3-7-13-22,23-16-18-24(29)19-17-23)26-15-9-8-14-25(26)27/h2-19H,20H2,1H3. The van der Waals surface area contributed by atoms with Crippen LogP contribution in [0.3, 0.4) is 0 Å². The van der Waals surface area contributed by atoms with Crippen LogP contribution in [0.25, 0.3) is 0 Å². The number of fused-ring (bicyclic) bond motifs is 1. The van der Waals surface area contributed by atoms with Crippen molar-refractivity contribution in [1.82, 2.24) is 0 Å². The summed E-state index contributed by atoms with van der Waals surface area (Å²) in [4.78, 5) is 0. The summed E-state index contributed by atoms with van der Waals surface area (Å²) in [6.07, 6.45) is 1.01. The van der Waals surface area contributed by atoms with Gasteiger partial charge in [-0.15, -0.1) is 0 Å². The molecule has 0 amide bonds. The van der Waals surface area contributed by atoms with Gasteiger partial charge in [-0.3, -0.25) is 0 Å². The van der Waals surface area contributed by atoms with Crippen LogP contribution < -0.4 is 0 Å². The number of benzene rings is 4. The zero-order valence-electron chi connectivity index (χ0n) is 16.5. The van der Waals surface area contributed by atoms with Crippen molar-refractivity contribution in [3.8, 4) is 0 Å². The van der Waals surface area contributed by atoms with Gasteiger partial charge in [0.2, 0.25) is 0 Å². The molecule has 4 aromatic carbocycles. The van der Waals surface area contributed by atoms with E-state index in [0.29, 0.717) is 0 Å². The van der Waals surface area contributed by atoms with Gasteiger partial charge in [-0.2, -0.15) is 0 Å². The summed E-state index contributed by atoms with van der Waals surface area (Å²) in [5, 5.41) is 0. The SMILES string of the molecule is CC1(c2ccccc2)CC(c2ccccc2)(c2ccc(Br)cc2)c2ccccc21. The first-order valence-corrected chi connectivity index (χ1v) is 10.9. The molecule has 0 heterocycles. The highest BCUT2D eigenvalue weighted by Gasteiger charge is 2.52. The van der Waals surface area contributed by atoms with Crippen molar-refractivity contribution in [3.05, 3.63) is 141 Å². The zero-order chi connectivity index (χ0) is 19.9. The molecule has 0 saturated carbocycles. The molecular formula is C28H23Br. The van der Waals surface area contributed by atoms with Crippen molar-refractivity contribution in [2.75, 3.05) is 0 Å². The van der Waals surface area contributed by atoms with Gasteiger partial charge < -0.3 is 0 Å². The fraction of sp³-hybridized carbons (Fsp3) is 0.143. The molecule has 0 N–H and O–H groups in total. The molecule has 0 radical (unpaired) electrons. The molecular weight excluding hydrogens is 416 g/mol. The number of halogens is 1. The van der Waals surface area contributed by atoms with Gasteiger partial charge in [-0.25, -0.2) is 0 Å². The second kappa shape index (κ2) is 7.00. The summed E-state index contributed by atoms with van der Waals surface area (Å²) < 4.78 is 1.11. The largest absolute Gasteiger partial charge is 0.0622 e. The fourth-order valence-electron chi connectivity index (χ4n) is 5.26.